The van der Waals surface area contributed by atoms with Crippen LogP contribution in [-0.4, -0.2) is 9.13 Å². The summed E-state index contributed by atoms with van der Waals surface area (Å²) in [7, 11) is 0. The van der Waals surface area contributed by atoms with Crippen molar-refractivity contribution in [3.63, 3.8) is 0 Å². The molecule has 8 aromatic carbocycles. The number of hydrogen-bond acceptors (Lipinski definition) is 1. The van der Waals surface area contributed by atoms with Gasteiger partial charge in [0, 0.05) is 53.1 Å². The predicted molar refractivity (Wildman–Crippen MR) is 219 cm³/mol. The third kappa shape index (κ3) is 4.16. The van der Waals surface area contributed by atoms with Gasteiger partial charge in [0.05, 0.1) is 22.1 Å². The second kappa shape index (κ2) is 11.0. The summed E-state index contributed by atoms with van der Waals surface area (Å²) in [5.41, 5.74) is 12.2. The summed E-state index contributed by atoms with van der Waals surface area (Å²) in [5.74, 6) is 0. The lowest BCUT2D eigenvalue weighted by molar-refractivity contribution is 1.18. The van der Waals surface area contributed by atoms with Crippen molar-refractivity contribution in [3.8, 4) is 33.6 Å². The average molecular weight is 667 g/mol. The summed E-state index contributed by atoms with van der Waals surface area (Å²) >= 11 is 1.89. The number of benzene rings is 8. The molecule has 238 valence electrons. The molecule has 0 saturated heterocycles. The second-order valence-electron chi connectivity index (χ2n) is 13.3. The van der Waals surface area contributed by atoms with Crippen LogP contribution < -0.4 is 0 Å². The van der Waals surface area contributed by atoms with E-state index in [4.69, 9.17) is 0 Å². The molecule has 51 heavy (non-hydrogen) atoms. The van der Waals surface area contributed by atoms with Gasteiger partial charge in [-0.2, -0.15) is 0 Å². The molecule has 3 aromatic heterocycles. The van der Waals surface area contributed by atoms with Crippen LogP contribution in [0.5, 0.6) is 0 Å². The Balaban J connectivity index is 1.27. The third-order valence-corrected chi connectivity index (χ3v) is 11.6. The minimum absolute atomic E-state index is 1.17. The number of nitrogens with zero attached hydrogens (tertiary/aromatic N) is 2. The molecule has 11 aromatic rings. The molecule has 11 rings (SSSR count). The van der Waals surface area contributed by atoms with Crippen molar-refractivity contribution in [3.05, 3.63) is 182 Å². The first-order valence-corrected chi connectivity index (χ1v) is 18.3. The molecule has 0 N–H and O–H groups in total. The second-order valence-corrected chi connectivity index (χ2v) is 14.4. The Hall–Kier alpha value is -6.42. The Morgan fingerprint density at radius 2 is 0.804 bits per heavy atom. The number of aromatic nitrogens is 2. The summed E-state index contributed by atoms with van der Waals surface area (Å²) in [4.78, 5) is 0. The van der Waals surface area contributed by atoms with E-state index in [1.807, 2.05) is 11.3 Å². The SMILES string of the molecule is c1ccc(-n2c3ccccc3c3c(-c4cc(-c5cccc6c5c5ccccc5n6-c5ccccc5)c5c(c4)sc4ccccc45)cccc32)cc1. The van der Waals surface area contributed by atoms with Crippen molar-refractivity contribution in [1.29, 1.82) is 0 Å². The van der Waals surface area contributed by atoms with E-state index in [-0.39, 0.29) is 0 Å². The molecular weight excluding hydrogens is 637 g/mol. The van der Waals surface area contributed by atoms with Gasteiger partial charge in [-0.05, 0) is 89.0 Å². The van der Waals surface area contributed by atoms with Gasteiger partial charge in [0.2, 0.25) is 0 Å². The highest BCUT2D eigenvalue weighted by molar-refractivity contribution is 7.26. The highest BCUT2D eigenvalue weighted by Crippen LogP contribution is 2.48. The standard InChI is InChI=1S/C48H30N2S/c1-3-15-32(16-4-1)49-40-24-10-7-19-36(40)46-34(22-13-26-42(46)49)31-29-39(48-38-21-9-12-28-44(38)51-45(48)30-31)35-23-14-27-43-47(35)37-20-8-11-25-41(37)50(43)33-17-5-2-6-18-33/h1-30H. The Morgan fingerprint density at radius 3 is 1.43 bits per heavy atom. The lowest BCUT2D eigenvalue weighted by atomic mass is 9.91. The number of para-hydroxylation sites is 4. The van der Waals surface area contributed by atoms with E-state index >= 15 is 0 Å². The Kier molecular flexibility index (Phi) is 6.16. The van der Waals surface area contributed by atoms with Gasteiger partial charge in [-0.3, -0.25) is 0 Å². The first-order valence-electron chi connectivity index (χ1n) is 17.4. The fourth-order valence-corrected chi connectivity index (χ4v) is 9.61. The molecule has 0 spiro atoms. The number of hydrogen-bond donors (Lipinski definition) is 0. The molecule has 0 fully saturated rings. The molecule has 0 saturated carbocycles. The molecule has 0 aliphatic carbocycles. The first-order chi connectivity index (χ1) is 25.3. The Morgan fingerprint density at radius 1 is 0.314 bits per heavy atom. The van der Waals surface area contributed by atoms with E-state index < -0.39 is 0 Å². The zero-order valence-corrected chi connectivity index (χ0v) is 28.4. The molecule has 0 aliphatic rings. The van der Waals surface area contributed by atoms with Gasteiger partial charge in [-0.15, -0.1) is 11.3 Å². The van der Waals surface area contributed by atoms with Gasteiger partial charge in [0.25, 0.3) is 0 Å². The van der Waals surface area contributed by atoms with E-state index in [9.17, 15) is 0 Å². The monoisotopic (exact) mass is 666 g/mol. The maximum absolute atomic E-state index is 2.47. The van der Waals surface area contributed by atoms with Crippen LogP contribution in [0.3, 0.4) is 0 Å². The molecule has 3 heteroatoms. The zero-order valence-electron chi connectivity index (χ0n) is 27.6. The fraction of sp³-hybridized carbons (Fsp3) is 0. The van der Waals surface area contributed by atoms with Gasteiger partial charge in [-0.1, -0.05) is 115 Å². The quantitative estimate of drug-likeness (QED) is 0.177. The van der Waals surface area contributed by atoms with Crippen LogP contribution in [-0.2, 0) is 0 Å². The highest BCUT2D eigenvalue weighted by Gasteiger charge is 2.22. The van der Waals surface area contributed by atoms with E-state index in [2.05, 4.69) is 191 Å². The minimum atomic E-state index is 1.17. The normalized spacial score (nSPS) is 11.9. The Bertz CT molecular complexity index is 3130. The van der Waals surface area contributed by atoms with Crippen molar-refractivity contribution >= 4 is 75.1 Å². The van der Waals surface area contributed by atoms with Crippen LogP contribution in [0.1, 0.15) is 0 Å². The van der Waals surface area contributed by atoms with Gasteiger partial charge in [0.15, 0.2) is 0 Å². The number of fused-ring (bicyclic) bond motifs is 9. The largest absolute Gasteiger partial charge is 0.309 e. The van der Waals surface area contributed by atoms with E-state index in [0.29, 0.717) is 0 Å². The maximum Gasteiger partial charge on any atom is 0.0547 e. The van der Waals surface area contributed by atoms with Gasteiger partial charge < -0.3 is 9.13 Å². The highest BCUT2D eigenvalue weighted by atomic mass is 32.1. The predicted octanol–water partition coefficient (Wildman–Crippen LogP) is 13.6. The van der Waals surface area contributed by atoms with Crippen LogP contribution in [0.4, 0.5) is 0 Å². The molecule has 3 heterocycles. The molecule has 0 radical (unpaired) electrons. The summed E-state index contributed by atoms with van der Waals surface area (Å²) < 4.78 is 7.44. The molecular formula is C48H30N2S. The number of thiophene rings is 1. The molecule has 0 amide bonds. The van der Waals surface area contributed by atoms with E-state index in [0.717, 1.165) is 0 Å². The van der Waals surface area contributed by atoms with Crippen molar-refractivity contribution in [1.82, 2.24) is 9.13 Å². The fourth-order valence-electron chi connectivity index (χ4n) is 8.44. The van der Waals surface area contributed by atoms with Crippen molar-refractivity contribution in [2.75, 3.05) is 0 Å². The minimum Gasteiger partial charge on any atom is -0.309 e. The summed E-state index contributed by atoms with van der Waals surface area (Å²) in [6, 6.07) is 66.6. The zero-order chi connectivity index (χ0) is 33.5. The van der Waals surface area contributed by atoms with Gasteiger partial charge in [0.1, 0.15) is 0 Å². The average Bonchev–Trinajstić information content (AvgIpc) is 3.86. The van der Waals surface area contributed by atoms with Crippen molar-refractivity contribution in [2.24, 2.45) is 0 Å². The molecule has 0 bridgehead atoms. The van der Waals surface area contributed by atoms with Crippen molar-refractivity contribution < 1.29 is 0 Å². The molecule has 0 atom stereocenters. The van der Waals surface area contributed by atoms with Gasteiger partial charge >= 0.3 is 0 Å². The molecule has 2 nitrogen and oxygen atoms in total. The van der Waals surface area contributed by atoms with Crippen LogP contribution in [0.2, 0.25) is 0 Å². The van der Waals surface area contributed by atoms with Gasteiger partial charge in [-0.25, -0.2) is 0 Å². The topological polar surface area (TPSA) is 9.86 Å². The first kappa shape index (κ1) is 28.4. The molecule has 0 aliphatic heterocycles. The van der Waals surface area contributed by atoms with Crippen molar-refractivity contribution in [2.45, 2.75) is 0 Å². The molecule has 0 unspecified atom stereocenters. The van der Waals surface area contributed by atoms with Crippen LogP contribution >= 0.6 is 11.3 Å². The van der Waals surface area contributed by atoms with Crippen LogP contribution in [0.15, 0.2) is 182 Å². The lowest BCUT2D eigenvalue weighted by Gasteiger charge is -2.13. The van der Waals surface area contributed by atoms with Crippen LogP contribution in [0.25, 0.3) is 97.4 Å². The summed E-state index contributed by atoms with van der Waals surface area (Å²) in [5, 5.41) is 7.71. The Labute approximate surface area is 298 Å². The van der Waals surface area contributed by atoms with E-state index in [1.165, 1.54) is 97.4 Å². The lowest BCUT2D eigenvalue weighted by Crippen LogP contribution is -1.93. The van der Waals surface area contributed by atoms with Crippen LogP contribution in [0, 0.1) is 0 Å². The smallest absolute Gasteiger partial charge is 0.0547 e. The summed E-state index contributed by atoms with van der Waals surface area (Å²) in [6.45, 7) is 0. The van der Waals surface area contributed by atoms with E-state index in [1.54, 1.807) is 0 Å². The maximum atomic E-state index is 2.47. The third-order valence-electron chi connectivity index (χ3n) is 10.5. The summed E-state index contributed by atoms with van der Waals surface area (Å²) in [6.07, 6.45) is 0. The number of rotatable bonds is 4.